The summed E-state index contributed by atoms with van der Waals surface area (Å²) >= 11 is 0. The van der Waals surface area contributed by atoms with Crippen LogP contribution in [0.2, 0.25) is 0 Å². The summed E-state index contributed by atoms with van der Waals surface area (Å²) < 4.78 is 7.45. The second-order valence-corrected chi connectivity index (χ2v) is 6.68. The molecule has 0 aliphatic carbocycles. The van der Waals surface area contributed by atoms with Gasteiger partial charge in [-0.3, -0.25) is 4.90 Å². The molecule has 0 bridgehead atoms. The average Bonchev–Trinajstić information content (AvgIpc) is 2.96. The molecule has 3 rings (SSSR count). The van der Waals surface area contributed by atoms with Crippen molar-refractivity contribution in [3.63, 3.8) is 0 Å². The Kier molecular flexibility index (Phi) is 3.97. The van der Waals surface area contributed by atoms with E-state index in [0.717, 1.165) is 17.1 Å². The van der Waals surface area contributed by atoms with E-state index in [9.17, 15) is 4.79 Å². The van der Waals surface area contributed by atoms with Gasteiger partial charge in [0.1, 0.15) is 23.2 Å². The fourth-order valence-corrected chi connectivity index (χ4v) is 2.49. The Labute approximate surface area is 140 Å². The molecule has 1 aliphatic rings. The molecule has 0 aromatic carbocycles. The van der Waals surface area contributed by atoms with Crippen LogP contribution < -0.4 is 0 Å². The molecule has 1 aliphatic heterocycles. The predicted molar refractivity (Wildman–Crippen MR) is 86.8 cm³/mol. The van der Waals surface area contributed by atoms with E-state index in [2.05, 4.69) is 9.97 Å². The van der Waals surface area contributed by atoms with Gasteiger partial charge in [-0.15, -0.1) is 0 Å². The summed E-state index contributed by atoms with van der Waals surface area (Å²) in [6, 6.07) is 5.49. The number of fused-ring (bicyclic) bond motifs is 1. The SMILES string of the molecule is CC(C)(C)OC(=O)N1CCn2cc(-c3ccc(C#N)nc3)nc2C1. The molecular formula is C17H19N5O2. The Morgan fingerprint density at radius 1 is 1.33 bits per heavy atom. The molecule has 2 aromatic rings. The number of nitriles is 1. The number of aromatic nitrogens is 3. The highest BCUT2D eigenvalue weighted by atomic mass is 16.6. The van der Waals surface area contributed by atoms with Gasteiger partial charge in [-0.1, -0.05) is 0 Å². The summed E-state index contributed by atoms with van der Waals surface area (Å²) in [5, 5.41) is 8.81. The number of carbonyl (C=O) groups is 1. The van der Waals surface area contributed by atoms with Crippen LogP contribution in [0.4, 0.5) is 4.79 Å². The molecule has 7 nitrogen and oxygen atoms in total. The first-order valence-corrected chi connectivity index (χ1v) is 7.76. The fraction of sp³-hybridized carbons (Fsp3) is 0.412. The van der Waals surface area contributed by atoms with Gasteiger partial charge in [-0.2, -0.15) is 5.26 Å². The van der Waals surface area contributed by atoms with E-state index in [4.69, 9.17) is 10.00 Å². The highest BCUT2D eigenvalue weighted by Gasteiger charge is 2.27. The van der Waals surface area contributed by atoms with E-state index in [1.54, 1.807) is 17.2 Å². The Balaban J connectivity index is 1.77. The van der Waals surface area contributed by atoms with Crippen molar-refractivity contribution in [2.75, 3.05) is 6.54 Å². The van der Waals surface area contributed by atoms with Crippen LogP contribution in [-0.2, 0) is 17.8 Å². The summed E-state index contributed by atoms with van der Waals surface area (Å²) in [6.07, 6.45) is 3.27. The lowest BCUT2D eigenvalue weighted by atomic mass is 10.2. The number of amides is 1. The first kappa shape index (κ1) is 16.0. The normalized spacial score (nSPS) is 14.0. The maximum Gasteiger partial charge on any atom is 0.410 e. The summed E-state index contributed by atoms with van der Waals surface area (Å²) in [6.45, 7) is 7.23. The molecule has 0 fully saturated rings. The third-order valence-corrected chi connectivity index (χ3v) is 3.63. The Bertz CT molecular complexity index is 796. The van der Waals surface area contributed by atoms with Gasteiger partial charge in [0.15, 0.2) is 0 Å². The van der Waals surface area contributed by atoms with Gasteiger partial charge in [0.25, 0.3) is 0 Å². The van der Waals surface area contributed by atoms with Crippen LogP contribution in [0.25, 0.3) is 11.3 Å². The van der Waals surface area contributed by atoms with E-state index >= 15 is 0 Å². The number of pyridine rings is 1. The van der Waals surface area contributed by atoms with Crippen LogP contribution in [0.15, 0.2) is 24.5 Å². The van der Waals surface area contributed by atoms with Crippen LogP contribution in [0.3, 0.4) is 0 Å². The summed E-state index contributed by atoms with van der Waals surface area (Å²) in [4.78, 5) is 22.5. The highest BCUT2D eigenvalue weighted by molar-refractivity contribution is 5.68. The standard InChI is InChI=1S/C17H19N5O2/c1-17(2,3)24-16(23)22-7-6-21-10-14(20-15(21)11-22)12-4-5-13(8-18)19-9-12/h4-5,9-10H,6-7,11H2,1-3H3. The number of hydrogen-bond acceptors (Lipinski definition) is 5. The largest absolute Gasteiger partial charge is 0.444 e. The average molecular weight is 325 g/mol. The second-order valence-electron chi connectivity index (χ2n) is 6.68. The molecule has 0 radical (unpaired) electrons. The van der Waals surface area contributed by atoms with Crippen molar-refractivity contribution in [3.05, 3.63) is 36.0 Å². The Hall–Kier alpha value is -2.88. The monoisotopic (exact) mass is 325 g/mol. The van der Waals surface area contributed by atoms with Gasteiger partial charge in [0.05, 0.1) is 12.2 Å². The van der Waals surface area contributed by atoms with Crippen LogP contribution in [0, 0.1) is 11.3 Å². The summed E-state index contributed by atoms with van der Waals surface area (Å²) in [7, 11) is 0. The zero-order chi connectivity index (χ0) is 17.3. The van der Waals surface area contributed by atoms with Crippen LogP contribution in [0.1, 0.15) is 32.3 Å². The number of carbonyl (C=O) groups excluding carboxylic acids is 1. The van der Waals surface area contributed by atoms with Crippen molar-refractivity contribution in [1.29, 1.82) is 5.26 Å². The van der Waals surface area contributed by atoms with Gasteiger partial charge in [-0.05, 0) is 32.9 Å². The molecule has 7 heteroatoms. The topological polar surface area (TPSA) is 84.0 Å². The maximum atomic E-state index is 12.2. The lowest BCUT2D eigenvalue weighted by Gasteiger charge is -2.30. The van der Waals surface area contributed by atoms with Crippen molar-refractivity contribution < 1.29 is 9.53 Å². The van der Waals surface area contributed by atoms with Gasteiger partial charge >= 0.3 is 6.09 Å². The maximum absolute atomic E-state index is 12.2. The zero-order valence-corrected chi connectivity index (χ0v) is 14.0. The summed E-state index contributed by atoms with van der Waals surface area (Å²) in [5.41, 5.74) is 1.50. The summed E-state index contributed by atoms with van der Waals surface area (Å²) in [5.74, 6) is 0.812. The Morgan fingerprint density at radius 3 is 2.75 bits per heavy atom. The molecule has 0 saturated heterocycles. The van der Waals surface area contributed by atoms with Crippen LogP contribution in [-0.4, -0.2) is 37.7 Å². The number of imidazole rings is 1. The van der Waals surface area contributed by atoms with Crippen molar-refractivity contribution >= 4 is 6.09 Å². The molecule has 0 saturated carbocycles. The number of nitrogens with zero attached hydrogens (tertiary/aromatic N) is 5. The minimum Gasteiger partial charge on any atom is -0.444 e. The van der Waals surface area contributed by atoms with Gasteiger partial charge in [-0.25, -0.2) is 14.8 Å². The minimum absolute atomic E-state index is 0.321. The molecule has 24 heavy (non-hydrogen) atoms. The van der Waals surface area contributed by atoms with Gasteiger partial charge < -0.3 is 9.30 Å². The van der Waals surface area contributed by atoms with Crippen molar-refractivity contribution in [2.24, 2.45) is 0 Å². The van der Waals surface area contributed by atoms with Gasteiger partial charge in [0, 0.05) is 31.0 Å². The van der Waals surface area contributed by atoms with Crippen molar-refractivity contribution in [2.45, 2.75) is 39.5 Å². The third kappa shape index (κ3) is 3.38. The van der Waals surface area contributed by atoms with Gasteiger partial charge in [0.2, 0.25) is 0 Å². The quantitative estimate of drug-likeness (QED) is 0.804. The lowest BCUT2D eigenvalue weighted by molar-refractivity contribution is 0.0195. The van der Waals surface area contributed by atoms with E-state index in [0.29, 0.717) is 25.3 Å². The van der Waals surface area contributed by atoms with E-state index in [-0.39, 0.29) is 6.09 Å². The first-order valence-electron chi connectivity index (χ1n) is 7.76. The molecule has 3 heterocycles. The first-order chi connectivity index (χ1) is 11.4. The Morgan fingerprint density at radius 2 is 2.12 bits per heavy atom. The van der Waals surface area contributed by atoms with Crippen LogP contribution in [0.5, 0.6) is 0 Å². The third-order valence-electron chi connectivity index (χ3n) is 3.63. The van der Waals surface area contributed by atoms with Crippen molar-refractivity contribution in [3.8, 4) is 17.3 Å². The second kappa shape index (κ2) is 5.96. The number of ether oxygens (including phenoxy) is 1. The lowest BCUT2D eigenvalue weighted by Crippen LogP contribution is -2.41. The number of hydrogen-bond donors (Lipinski definition) is 0. The van der Waals surface area contributed by atoms with E-state index in [1.165, 1.54) is 0 Å². The van der Waals surface area contributed by atoms with Crippen molar-refractivity contribution in [1.82, 2.24) is 19.4 Å². The molecule has 1 amide bonds. The minimum atomic E-state index is -0.511. The molecule has 2 aromatic heterocycles. The van der Waals surface area contributed by atoms with E-state index in [1.807, 2.05) is 43.7 Å². The molecule has 0 unspecified atom stereocenters. The van der Waals surface area contributed by atoms with Crippen LogP contribution >= 0.6 is 0 Å². The molecule has 0 atom stereocenters. The van der Waals surface area contributed by atoms with E-state index < -0.39 is 5.60 Å². The molecule has 0 N–H and O–H groups in total. The number of rotatable bonds is 1. The highest BCUT2D eigenvalue weighted by Crippen LogP contribution is 2.22. The molecule has 124 valence electrons. The smallest absolute Gasteiger partial charge is 0.410 e. The fourth-order valence-electron chi connectivity index (χ4n) is 2.49. The molecule has 0 spiro atoms. The zero-order valence-electron chi connectivity index (χ0n) is 14.0. The predicted octanol–water partition coefficient (Wildman–Crippen LogP) is 2.57. The molecular weight excluding hydrogens is 306 g/mol.